The van der Waals surface area contributed by atoms with Gasteiger partial charge in [-0.2, -0.15) is 0 Å². The molecule has 0 spiro atoms. The third kappa shape index (κ3) is 3.45. The largest absolute Gasteiger partial charge is 0.497 e. The number of fused-ring (bicyclic) bond motifs is 1. The highest BCUT2D eigenvalue weighted by Crippen LogP contribution is 2.40. The van der Waals surface area contributed by atoms with Crippen molar-refractivity contribution in [3.63, 3.8) is 0 Å². The van der Waals surface area contributed by atoms with Crippen LogP contribution in [0.5, 0.6) is 17.2 Å². The van der Waals surface area contributed by atoms with Gasteiger partial charge in [0.2, 0.25) is 0 Å². The van der Waals surface area contributed by atoms with Crippen LogP contribution in [0.2, 0.25) is 0 Å². The second-order valence-corrected chi connectivity index (χ2v) is 6.00. The number of hydrogen-bond donors (Lipinski definition) is 1. The Hall–Kier alpha value is -2.95. The third-order valence-corrected chi connectivity index (χ3v) is 3.90. The molecule has 2 aromatic rings. The van der Waals surface area contributed by atoms with E-state index in [-0.39, 0.29) is 18.3 Å². The van der Waals surface area contributed by atoms with Gasteiger partial charge in [0.05, 0.1) is 18.8 Å². The zero-order valence-electron chi connectivity index (χ0n) is 14.4. The van der Waals surface area contributed by atoms with Gasteiger partial charge in [-0.25, -0.2) is 4.79 Å². The molecule has 1 N–H and O–H groups in total. The van der Waals surface area contributed by atoms with Gasteiger partial charge in [-0.05, 0) is 49.7 Å². The van der Waals surface area contributed by atoms with Gasteiger partial charge in [-0.1, -0.05) is 12.1 Å². The lowest BCUT2D eigenvalue weighted by atomic mass is 9.90. The minimum Gasteiger partial charge on any atom is -0.497 e. The van der Waals surface area contributed by atoms with Gasteiger partial charge in [0, 0.05) is 11.1 Å². The summed E-state index contributed by atoms with van der Waals surface area (Å²) < 4.78 is 16.6. The van der Waals surface area contributed by atoms with Crippen molar-refractivity contribution in [2.24, 2.45) is 0 Å². The Labute approximate surface area is 146 Å². The summed E-state index contributed by atoms with van der Waals surface area (Å²) in [5.74, 6) is 1.04. The zero-order valence-corrected chi connectivity index (χ0v) is 14.4. The molecule has 2 aromatic carbocycles. The van der Waals surface area contributed by atoms with E-state index in [2.05, 4.69) is 0 Å². The minimum absolute atomic E-state index is 0.0219. The monoisotopic (exact) mass is 340 g/mol. The maximum absolute atomic E-state index is 11.7. The molecule has 0 unspecified atom stereocenters. The fourth-order valence-corrected chi connectivity index (χ4v) is 2.82. The number of rotatable bonds is 5. The summed E-state index contributed by atoms with van der Waals surface area (Å²) in [6.45, 7) is 3.91. The lowest BCUT2D eigenvalue weighted by Crippen LogP contribution is -2.18. The van der Waals surface area contributed by atoms with E-state index in [4.69, 9.17) is 14.2 Å². The Morgan fingerprint density at radius 2 is 1.80 bits per heavy atom. The summed E-state index contributed by atoms with van der Waals surface area (Å²) in [6.07, 6.45) is 0.0231. The van der Waals surface area contributed by atoms with E-state index in [1.807, 2.05) is 56.3 Å². The second-order valence-electron chi connectivity index (χ2n) is 6.00. The van der Waals surface area contributed by atoms with Crippen LogP contribution in [0.4, 0.5) is 0 Å². The molecule has 0 saturated heterocycles. The lowest BCUT2D eigenvalue weighted by molar-refractivity contribution is -0.133. The van der Waals surface area contributed by atoms with E-state index >= 15 is 0 Å². The molecule has 1 aliphatic heterocycles. The van der Waals surface area contributed by atoms with Crippen molar-refractivity contribution in [1.82, 2.24) is 0 Å². The van der Waals surface area contributed by atoms with Crippen molar-refractivity contribution in [3.05, 3.63) is 59.2 Å². The molecule has 0 fully saturated rings. The lowest BCUT2D eigenvalue weighted by Gasteiger charge is -2.23. The SMILES string of the molecule is COc1ccc(C2=C(C(=O)O)COc3ccc(OC(C)C)cc32)cc1. The topological polar surface area (TPSA) is 65.0 Å². The molecule has 0 atom stereocenters. The van der Waals surface area contributed by atoms with Gasteiger partial charge < -0.3 is 19.3 Å². The maximum atomic E-state index is 11.7. The number of ether oxygens (including phenoxy) is 3. The Morgan fingerprint density at radius 1 is 1.12 bits per heavy atom. The highest BCUT2D eigenvalue weighted by Gasteiger charge is 2.26. The number of methoxy groups -OCH3 is 1. The molecule has 1 aliphatic rings. The van der Waals surface area contributed by atoms with Crippen LogP contribution < -0.4 is 14.2 Å². The highest BCUT2D eigenvalue weighted by atomic mass is 16.5. The predicted molar refractivity (Wildman–Crippen MR) is 94.4 cm³/mol. The first-order chi connectivity index (χ1) is 12.0. The van der Waals surface area contributed by atoms with E-state index in [0.717, 1.165) is 5.56 Å². The zero-order chi connectivity index (χ0) is 18.0. The molecular weight excluding hydrogens is 320 g/mol. The van der Waals surface area contributed by atoms with E-state index in [0.29, 0.717) is 28.4 Å². The minimum atomic E-state index is -0.994. The van der Waals surface area contributed by atoms with Crippen molar-refractivity contribution in [2.45, 2.75) is 20.0 Å². The van der Waals surface area contributed by atoms with Crippen LogP contribution >= 0.6 is 0 Å². The smallest absolute Gasteiger partial charge is 0.335 e. The summed E-state index contributed by atoms with van der Waals surface area (Å²) >= 11 is 0. The Balaban J connectivity index is 2.15. The third-order valence-electron chi connectivity index (χ3n) is 3.90. The quantitative estimate of drug-likeness (QED) is 0.898. The summed E-state index contributed by atoms with van der Waals surface area (Å²) in [7, 11) is 1.59. The molecular formula is C20H20O5. The molecule has 0 aliphatic carbocycles. The first-order valence-electron chi connectivity index (χ1n) is 8.04. The maximum Gasteiger partial charge on any atom is 0.335 e. The van der Waals surface area contributed by atoms with E-state index in [9.17, 15) is 9.90 Å². The first kappa shape index (κ1) is 16.9. The number of carboxylic acids is 1. The number of hydrogen-bond acceptors (Lipinski definition) is 4. The van der Waals surface area contributed by atoms with Gasteiger partial charge in [0.15, 0.2) is 0 Å². The Kier molecular flexibility index (Phi) is 4.65. The van der Waals surface area contributed by atoms with Crippen LogP contribution in [0.1, 0.15) is 25.0 Å². The van der Waals surface area contributed by atoms with Gasteiger partial charge in [0.25, 0.3) is 0 Å². The van der Waals surface area contributed by atoms with Gasteiger partial charge in [-0.15, -0.1) is 0 Å². The Morgan fingerprint density at radius 3 is 2.40 bits per heavy atom. The van der Waals surface area contributed by atoms with E-state index < -0.39 is 5.97 Å². The molecule has 1 heterocycles. The van der Waals surface area contributed by atoms with Crippen LogP contribution in [0.15, 0.2) is 48.0 Å². The molecule has 3 rings (SSSR count). The van der Waals surface area contributed by atoms with Crippen LogP contribution in [-0.4, -0.2) is 30.9 Å². The van der Waals surface area contributed by atoms with Gasteiger partial charge in [-0.3, -0.25) is 0 Å². The summed E-state index contributed by atoms with van der Waals surface area (Å²) in [6, 6.07) is 12.8. The summed E-state index contributed by atoms with van der Waals surface area (Å²) in [5.41, 5.74) is 2.38. The van der Waals surface area contributed by atoms with Gasteiger partial charge >= 0.3 is 5.97 Å². The van der Waals surface area contributed by atoms with Crippen molar-refractivity contribution in [3.8, 4) is 17.2 Å². The molecule has 0 amide bonds. The fourth-order valence-electron chi connectivity index (χ4n) is 2.82. The van der Waals surface area contributed by atoms with Gasteiger partial charge in [0.1, 0.15) is 23.9 Å². The highest BCUT2D eigenvalue weighted by molar-refractivity contribution is 6.03. The number of benzene rings is 2. The second kappa shape index (κ2) is 6.89. The predicted octanol–water partition coefficient (Wildman–Crippen LogP) is 3.76. The number of carbonyl (C=O) groups is 1. The molecule has 5 heteroatoms. The number of carboxylic acid groups (broad SMARTS) is 1. The normalized spacial score (nSPS) is 13.3. The molecule has 5 nitrogen and oxygen atoms in total. The molecule has 130 valence electrons. The van der Waals surface area contributed by atoms with Crippen molar-refractivity contribution >= 4 is 11.5 Å². The van der Waals surface area contributed by atoms with Crippen molar-refractivity contribution < 1.29 is 24.1 Å². The average molecular weight is 340 g/mol. The first-order valence-corrected chi connectivity index (χ1v) is 8.04. The standard InChI is InChI=1S/C20H20O5/c1-12(2)25-15-8-9-18-16(10-15)19(17(11-24-18)20(21)22)13-4-6-14(23-3)7-5-13/h4-10,12H,11H2,1-3H3,(H,21,22). The van der Waals surface area contributed by atoms with Crippen molar-refractivity contribution in [1.29, 1.82) is 0 Å². The van der Waals surface area contributed by atoms with Crippen molar-refractivity contribution in [2.75, 3.05) is 13.7 Å². The molecule has 0 radical (unpaired) electrons. The molecule has 0 bridgehead atoms. The number of aliphatic carboxylic acids is 1. The van der Waals surface area contributed by atoms with Crippen LogP contribution in [0.25, 0.3) is 5.57 Å². The van der Waals surface area contributed by atoms with E-state index in [1.165, 1.54) is 0 Å². The summed E-state index contributed by atoms with van der Waals surface area (Å²) in [5, 5.41) is 9.62. The van der Waals surface area contributed by atoms with E-state index in [1.54, 1.807) is 7.11 Å². The Bertz CT molecular complexity index is 818. The van der Waals surface area contributed by atoms with Crippen LogP contribution in [0.3, 0.4) is 0 Å². The fraction of sp³-hybridized carbons (Fsp3) is 0.250. The molecule has 0 saturated carbocycles. The van der Waals surface area contributed by atoms with Crippen LogP contribution in [0, 0.1) is 0 Å². The molecule has 0 aromatic heterocycles. The van der Waals surface area contributed by atoms with Crippen LogP contribution in [-0.2, 0) is 4.79 Å². The molecule has 25 heavy (non-hydrogen) atoms. The average Bonchev–Trinajstić information content (AvgIpc) is 2.60. The summed E-state index contributed by atoms with van der Waals surface area (Å²) in [4.78, 5) is 11.7.